The summed E-state index contributed by atoms with van der Waals surface area (Å²) in [5.74, 6) is -6.13. The summed E-state index contributed by atoms with van der Waals surface area (Å²) in [6.07, 6.45) is 38.4. The van der Waals surface area contributed by atoms with E-state index in [1.54, 1.807) is 6.08 Å². The highest BCUT2D eigenvalue weighted by Crippen LogP contribution is 2.39. The van der Waals surface area contributed by atoms with Crippen LogP contribution in [0.1, 0.15) is 355 Å². The smallest absolute Gasteiger partial charge is 0.364 e. The minimum Gasteiger partial charge on any atom is -0.477 e. The monoisotopic (exact) mass is 1500 g/mol. The molecule has 3 saturated heterocycles. The zero-order chi connectivity index (χ0) is 76.7. The molecular formula is C82H154N2O21. The van der Waals surface area contributed by atoms with Crippen molar-refractivity contribution in [2.24, 2.45) is 0 Å². The normalized spacial score (nSPS) is 26.2. The predicted molar refractivity (Wildman–Crippen MR) is 408 cm³/mol. The molecule has 14 N–H and O–H groups in total. The first kappa shape index (κ1) is 96.7. The lowest BCUT2D eigenvalue weighted by Gasteiger charge is -2.50. The number of carbonyl (C=O) groups is 3. The number of allylic oxidation sites excluding steroid dienone is 1. The Bertz CT molecular complexity index is 2140. The van der Waals surface area contributed by atoms with E-state index in [1.807, 2.05) is 6.08 Å². The molecule has 3 aliphatic heterocycles. The molecule has 3 aliphatic rings. The molecule has 105 heavy (non-hydrogen) atoms. The van der Waals surface area contributed by atoms with Crippen LogP contribution in [0.5, 0.6) is 0 Å². The molecule has 2 amide bonds. The van der Waals surface area contributed by atoms with E-state index in [0.717, 1.165) is 51.9 Å². The molecular weight excluding hydrogens is 1350 g/mol. The number of ether oxygens (including phenoxy) is 6. The van der Waals surface area contributed by atoms with Gasteiger partial charge in [0, 0.05) is 19.8 Å². The second kappa shape index (κ2) is 61.1. The molecule has 23 nitrogen and oxygen atoms in total. The van der Waals surface area contributed by atoms with Crippen molar-refractivity contribution in [1.82, 2.24) is 10.6 Å². The fraction of sp³-hybridized carbons (Fsp3) is 0.939. The van der Waals surface area contributed by atoms with Crippen molar-refractivity contribution in [2.45, 2.75) is 464 Å². The van der Waals surface area contributed by atoms with Crippen LogP contribution >= 0.6 is 0 Å². The standard InChI is InChI=1S/C82H154N2O21/c1-4-6-8-10-12-14-16-18-20-22-24-25-26-27-28-29-30-31-32-33-34-35-36-37-38-40-42-44-46-48-50-52-54-56-69(92)84-63(64(89)55-53-51-49-47-45-43-41-39-23-21-19-17-15-13-11-9-7-5-2)61-100-79-74(96)73(95)76(68(60-87)102-79)103-80-75(97)78(72(94)67(59-86)101-80)105-82(81(98)99)57-65(90)70(83-62(3)88)77(104-82)71(93)66(91)58-85/h53,55,63-68,70-80,85-87,89-91,93-97H,4-52,54,56-61H2,1-3H3,(H,83,88)(H,84,92)(H,98,99)/b55-53+. The maximum atomic E-state index is 13.6. The lowest BCUT2D eigenvalue weighted by Crippen LogP contribution is -2.70. The van der Waals surface area contributed by atoms with Crippen LogP contribution in [0.3, 0.4) is 0 Å². The molecule has 23 heteroatoms. The number of carbonyl (C=O) groups excluding carboxylic acids is 2. The average molecular weight is 1500 g/mol. The average Bonchev–Trinajstić information content (AvgIpc) is 0.754. The largest absolute Gasteiger partial charge is 0.477 e. The molecule has 0 aromatic heterocycles. The van der Waals surface area contributed by atoms with Crippen LogP contribution in [0.2, 0.25) is 0 Å². The maximum absolute atomic E-state index is 13.6. The Hall–Kier alpha value is -2.53. The third-order valence-electron chi connectivity index (χ3n) is 21.7. The Balaban J connectivity index is 1.45. The highest BCUT2D eigenvalue weighted by molar-refractivity contribution is 5.77. The Morgan fingerprint density at radius 1 is 0.495 bits per heavy atom. The maximum Gasteiger partial charge on any atom is 0.364 e. The van der Waals surface area contributed by atoms with Crippen LogP contribution in [0.25, 0.3) is 0 Å². The first-order valence-electron chi connectivity index (χ1n) is 42.6. The highest BCUT2D eigenvalue weighted by atomic mass is 16.8. The number of nitrogens with one attached hydrogen (secondary N) is 2. The van der Waals surface area contributed by atoms with Crippen molar-refractivity contribution >= 4 is 17.8 Å². The Morgan fingerprint density at radius 2 is 0.886 bits per heavy atom. The second-order valence-corrected chi connectivity index (χ2v) is 31.1. The lowest BCUT2D eigenvalue weighted by atomic mass is 9.88. The van der Waals surface area contributed by atoms with Crippen molar-refractivity contribution in [1.29, 1.82) is 0 Å². The molecule has 0 aliphatic carbocycles. The summed E-state index contributed by atoms with van der Waals surface area (Å²) in [5, 5.41) is 136. The molecule has 0 aromatic rings. The fourth-order valence-corrected chi connectivity index (χ4v) is 15.0. The molecule has 18 unspecified atom stereocenters. The van der Waals surface area contributed by atoms with Crippen molar-refractivity contribution in [3.8, 4) is 0 Å². The molecule has 0 spiro atoms. The third-order valence-corrected chi connectivity index (χ3v) is 21.7. The Morgan fingerprint density at radius 3 is 1.27 bits per heavy atom. The number of hydrogen-bond acceptors (Lipinski definition) is 20. The molecule has 0 bridgehead atoms. The van der Waals surface area contributed by atoms with E-state index in [2.05, 4.69) is 24.5 Å². The number of rotatable bonds is 68. The molecule has 18 atom stereocenters. The molecule has 0 saturated carbocycles. The highest BCUT2D eigenvalue weighted by Gasteiger charge is 2.60. The molecule has 0 aromatic carbocycles. The van der Waals surface area contributed by atoms with E-state index in [9.17, 15) is 75.7 Å². The van der Waals surface area contributed by atoms with Crippen LogP contribution < -0.4 is 10.6 Å². The van der Waals surface area contributed by atoms with Crippen LogP contribution in [0.4, 0.5) is 0 Å². The van der Waals surface area contributed by atoms with Gasteiger partial charge in [-0.15, -0.1) is 0 Å². The van der Waals surface area contributed by atoms with Crippen molar-refractivity contribution in [2.75, 3.05) is 26.4 Å². The fourth-order valence-electron chi connectivity index (χ4n) is 15.0. The van der Waals surface area contributed by atoms with Gasteiger partial charge in [0.25, 0.3) is 5.79 Å². The van der Waals surface area contributed by atoms with E-state index in [0.29, 0.717) is 12.8 Å². The van der Waals surface area contributed by atoms with E-state index in [4.69, 9.17) is 28.4 Å². The van der Waals surface area contributed by atoms with Crippen molar-refractivity contribution in [3.05, 3.63) is 12.2 Å². The van der Waals surface area contributed by atoms with Gasteiger partial charge in [0.15, 0.2) is 12.6 Å². The number of carboxylic acids is 1. The Kier molecular flexibility index (Phi) is 56.3. The predicted octanol–water partition coefficient (Wildman–Crippen LogP) is 12.1. The number of amides is 2. The summed E-state index contributed by atoms with van der Waals surface area (Å²) in [6, 6.07) is -2.62. The number of aliphatic hydroxyl groups excluding tert-OH is 11. The number of hydrogen-bond donors (Lipinski definition) is 14. The van der Waals surface area contributed by atoms with Gasteiger partial charge in [-0.3, -0.25) is 9.59 Å². The van der Waals surface area contributed by atoms with E-state index < -0.39 is 155 Å². The number of unbranched alkanes of at least 4 members (excludes halogenated alkanes) is 48. The van der Waals surface area contributed by atoms with E-state index >= 15 is 0 Å². The summed E-state index contributed by atoms with van der Waals surface area (Å²) in [7, 11) is 0. The lowest BCUT2D eigenvalue weighted by molar-refractivity contribution is -0.386. The second-order valence-electron chi connectivity index (χ2n) is 31.1. The summed E-state index contributed by atoms with van der Waals surface area (Å²) in [4.78, 5) is 38.7. The zero-order valence-electron chi connectivity index (χ0n) is 65.6. The van der Waals surface area contributed by atoms with Crippen LogP contribution in [-0.2, 0) is 42.8 Å². The summed E-state index contributed by atoms with van der Waals surface area (Å²) >= 11 is 0. The van der Waals surface area contributed by atoms with Crippen LogP contribution in [-0.4, -0.2) is 215 Å². The number of carboxylic acid groups (broad SMARTS) is 1. The van der Waals surface area contributed by atoms with Gasteiger partial charge in [-0.25, -0.2) is 4.79 Å². The van der Waals surface area contributed by atoms with E-state index in [1.165, 1.54) is 263 Å². The minimum absolute atomic E-state index is 0.206. The number of aliphatic hydroxyl groups is 11. The van der Waals surface area contributed by atoms with Gasteiger partial charge in [-0.2, -0.15) is 0 Å². The quantitative estimate of drug-likeness (QED) is 0.0199. The summed E-state index contributed by atoms with van der Waals surface area (Å²) < 4.78 is 34.9. The van der Waals surface area contributed by atoms with Gasteiger partial charge in [-0.05, 0) is 19.3 Å². The van der Waals surface area contributed by atoms with Crippen molar-refractivity contribution in [3.63, 3.8) is 0 Å². The van der Waals surface area contributed by atoms with Crippen LogP contribution in [0.15, 0.2) is 12.2 Å². The summed E-state index contributed by atoms with van der Waals surface area (Å²) in [6.45, 7) is 2.20. The third kappa shape index (κ3) is 41.0. The van der Waals surface area contributed by atoms with Gasteiger partial charge >= 0.3 is 5.97 Å². The molecule has 3 fully saturated rings. The zero-order valence-corrected chi connectivity index (χ0v) is 65.6. The molecule has 3 heterocycles. The first-order chi connectivity index (χ1) is 50.9. The minimum atomic E-state index is -3.08. The number of aliphatic carboxylic acids is 1. The van der Waals surface area contributed by atoms with Crippen LogP contribution in [0, 0.1) is 0 Å². The van der Waals surface area contributed by atoms with E-state index in [-0.39, 0.29) is 12.3 Å². The molecule has 0 radical (unpaired) electrons. The SMILES string of the molecule is CCCCCCCCCCCCCCCCCC/C=C/C(O)C(COC1OC(CO)C(OC2OC(CO)C(O)C(OC3(C(=O)O)CC(O)C(NC(C)=O)C(C(O)C(O)CO)O3)C2O)C(O)C1O)NC(=O)CCCCCCCCCCCCCCCCCCCCCCCCCCCCCCCCCCC. The van der Waals surface area contributed by atoms with Gasteiger partial charge in [0.2, 0.25) is 11.8 Å². The molecule has 618 valence electrons. The van der Waals surface area contributed by atoms with Gasteiger partial charge in [0.1, 0.15) is 67.1 Å². The van der Waals surface area contributed by atoms with Crippen molar-refractivity contribution < 1.29 is 104 Å². The first-order valence-corrected chi connectivity index (χ1v) is 42.6. The van der Waals surface area contributed by atoms with Gasteiger partial charge < -0.3 is 100 Å². The Labute approximate surface area is 632 Å². The van der Waals surface area contributed by atoms with Gasteiger partial charge in [-0.1, -0.05) is 328 Å². The molecule has 3 rings (SSSR count). The summed E-state index contributed by atoms with van der Waals surface area (Å²) in [5.41, 5.74) is 0. The topological polar surface area (TPSA) is 373 Å². The van der Waals surface area contributed by atoms with Gasteiger partial charge in [0.05, 0.1) is 50.7 Å².